The normalized spacial score (nSPS) is 14.8. The molecule has 3 aromatic rings. The number of hydrogen-bond donors (Lipinski definition) is 2. The topological polar surface area (TPSA) is 53.3 Å². The van der Waals surface area contributed by atoms with Crippen LogP contribution in [0.25, 0.3) is 5.69 Å². The van der Waals surface area contributed by atoms with E-state index in [4.69, 9.17) is 23.8 Å². The molecule has 0 saturated carbocycles. The zero-order valence-corrected chi connectivity index (χ0v) is 16.8. The van der Waals surface area contributed by atoms with Crippen molar-refractivity contribution in [2.45, 2.75) is 18.8 Å². The summed E-state index contributed by atoms with van der Waals surface area (Å²) in [6.45, 7) is 1.69. The summed E-state index contributed by atoms with van der Waals surface area (Å²) in [5.74, 6) is 0.475. The van der Waals surface area contributed by atoms with Gasteiger partial charge >= 0.3 is 0 Å². The maximum absolute atomic E-state index is 10.3. The van der Waals surface area contributed by atoms with Gasteiger partial charge in [-0.2, -0.15) is 5.10 Å². The van der Waals surface area contributed by atoms with Crippen LogP contribution >= 0.6 is 23.8 Å². The van der Waals surface area contributed by atoms with Crippen LogP contribution in [0.2, 0.25) is 5.02 Å². The number of aromatic nitrogens is 2. The highest BCUT2D eigenvalue weighted by molar-refractivity contribution is 7.80. The van der Waals surface area contributed by atoms with E-state index in [-0.39, 0.29) is 5.88 Å². The number of nitrogens with one attached hydrogen (secondary N) is 1. The van der Waals surface area contributed by atoms with E-state index in [1.807, 2.05) is 54.6 Å². The van der Waals surface area contributed by atoms with Crippen molar-refractivity contribution in [1.29, 1.82) is 0 Å². The number of rotatable bonds is 3. The molecule has 0 bridgehead atoms. The monoisotopic (exact) mass is 412 g/mol. The zero-order chi connectivity index (χ0) is 19.5. The van der Waals surface area contributed by atoms with Crippen molar-refractivity contribution >= 4 is 34.6 Å². The van der Waals surface area contributed by atoms with Gasteiger partial charge < -0.3 is 15.3 Å². The average Bonchev–Trinajstić information content (AvgIpc) is 3.10. The SMILES string of the molecule is Oc1cc(C2CCN(C(=S)Nc3cccc(Cl)c3)CC2)nn1-c1ccccc1. The molecule has 1 aliphatic heterocycles. The number of hydrogen-bond acceptors (Lipinski definition) is 3. The second kappa shape index (κ2) is 8.20. The fraction of sp³-hybridized carbons (Fsp3) is 0.238. The van der Waals surface area contributed by atoms with Gasteiger partial charge in [-0.3, -0.25) is 0 Å². The van der Waals surface area contributed by atoms with Gasteiger partial charge in [0, 0.05) is 35.8 Å². The van der Waals surface area contributed by atoms with Crippen LogP contribution in [-0.4, -0.2) is 38.0 Å². The van der Waals surface area contributed by atoms with Crippen molar-refractivity contribution in [3.8, 4) is 11.6 Å². The maximum atomic E-state index is 10.3. The number of aromatic hydroxyl groups is 1. The van der Waals surface area contributed by atoms with Crippen molar-refractivity contribution in [2.75, 3.05) is 18.4 Å². The summed E-state index contributed by atoms with van der Waals surface area (Å²) in [7, 11) is 0. The molecule has 0 spiro atoms. The minimum absolute atomic E-state index is 0.168. The van der Waals surface area contributed by atoms with Crippen LogP contribution in [0.1, 0.15) is 24.5 Å². The van der Waals surface area contributed by atoms with Crippen molar-refractivity contribution in [2.24, 2.45) is 0 Å². The second-order valence-corrected chi connectivity index (χ2v) is 7.70. The number of benzene rings is 2. The van der Waals surface area contributed by atoms with Crippen LogP contribution < -0.4 is 5.32 Å². The summed E-state index contributed by atoms with van der Waals surface area (Å²) in [5, 5.41) is 19.6. The van der Waals surface area contributed by atoms with E-state index in [1.165, 1.54) is 0 Å². The lowest BCUT2D eigenvalue weighted by atomic mass is 9.94. The molecule has 0 atom stereocenters. The molecule has 28 heavy (non-hydrogen) atoms. The van der Waals surface area contributed by atoms with E-state index in [2.05, 4.69) is 15.3 Å². The Labute approximate surface area is 174 Å². The number of thiocarbonyl (C=S) groups is 1. The van der Waals surface area contributed by atoms with E-state index in [9.17, 15) is 5.11 Å². The van der Waals surface area contributed by atoms with Gasteiger partial charge in [0.15, 0.2) is 5.11 Å². The Morgan fingerprint density at radius 3 is 2.54 bits per heavy atom. The summed E-state index contributed by atoms with van der Waals surface area (Å²) >= 11 is 11.6. The highest BCUT2D eigenvalue weighted by atomic mass is 35.5. The first kappa shape index (κ1) is 18.8. The lowest BCUT2D eigenvalue weighted by Gasteiger charge is -2.33. The van der Waals surface area contributed by atoms with Gasteiger partial charge in [-0.25, -0.2) is 4.68 Å². The Hall–Kier alpha value is -2.57. The van der Waals surface area contributed by atoms with Crippen molar-refractivity contribution in [3.05, 3.63) is 71.4 Å². The summed E-state index contributed by atoms with van der Waals surface area (Å²) in [4.78, 5) is 2.17. The highest BCUT2D eigenvalue weighted by Gasteiger charge is 2.25. The maximum Gasteiger partial charge on any atom is 0.214 e. The Bertz CT molecular complexity index is 968. The molecule has 0 unspecified atom stereocenters. The molecule has 1 aromatic heterocycles. The molecule has 5 nitrogen and oxygen atoms in total. The molecule has 0 amide bonds. The van der Waals surface area contributed by atoms with Crippen LogP contribution in [0.4, 0.5) is 5.69 Å². The van der Waals surface area contributed by atoms with Gasteiger partial charge in [0.2, 0.25) is 5.88 Å². The standard InChI is InChI=1S/C21H21ClN4OS/c22-16-5-4-6-17(13-16)23-21(28)25-11-9-15(10-12-25)19-14-20(27)26(24-19)18-7-2-1-3-8-18/h1-8,13-15,27H,9-12H2,(H,23,28). The van der Waals surface area contributed by atoms with Crippen LogP contribution in [0.5, 0.6) is 5.88 Å². The third kappa shape index (κ3) is 4.13. The molecule has 144 valence electrons. The molecule has 1 fully saturated rings. The highest BCUT2D eigenvalue weighted by Crippen LogP contribution is 2.30. The summed E-state index contributed by atoms with van der Waals surface area (Å²) in [6.07, 6.45) is 1.87. The molecule has 7 heteroatoms. The summed E-state index contributed by atoms with van der Waals surface area (Å²) in [6, 6.07) is 19.0. The van der Waals surface area contributed by atoms with Gasteiger partial charge in [-0.15, -0.1) is 0 Å². The van der Waals surface area contributed by atoms with Crippen molar-refractivity contribution in [3.63, 3.8) is 0 Å². The number of piperidine rings is 1. The van der Waals surface area contributed by atoms with Gasteiger partial charge in [0.25, 0.3) is 0 Å². The Kier molecular flexibility index (Phi) is 5.50. The molecular formula is C21H21ClN4OS. The van der Waals surface area contributed by atoms with Crippen LogP contribution in [-0.2, 0) is 0 Å². The van der Waals surface area contributed by atoms with Gasteiger partial charge in [-0.1, -0.05) is 35.9 Å². The largest absolute Gasteiger partial charge is 0.493 e. The Morgan fingerprint density at radius 2 is 1.82 bits per heavy atom. The van der Waals surface area contributed by atoms with Gasteiger partial charge in [0.05, 0.1) is 11.4 Å². The van der Waals surface area contributed by atoms with E-state index in [0.717, 1.165) is 43.0 Å². The Balaban J connectivity index is 1.38. The lowest BCUT2D eigenvalue weighted by molar-refractivity contribution is 0.313. The van der Waals surface area contributed by atoms with Gasteiger partial charge in [0.1, 0.15) is 0 Å². The van der Waals surface area contributed by atoms with Crippen molar-refractivity contribution < 1.29 is 5.11 Å². The number of likely N-dealkylation sites (tertiary alicyclic amines) is 1. The van der Waals surface area contributed by atoms with E-state index >= 15 is 0 Å². The molecule has 0 aliphatic carbocycles. The molecule has 2 N–H and O–H groups in total. The fourth-order valence-corrected chi connectivity index (χ4v) is 3.99. The molecule has 4 rings (SSSR count). The van der Waals surface area contributed by atoms with Crippen molar-refractivity contribution in [1.82, 2.24) is 14.7 Å². The summed E-state index contributed by atoms with van der Waals surface area (Å²) in [5.41, 5.74) is 2.68. The molecule has 0 radical (unpaired) electrons. The molecule has 1 aliphatic rings. The number of nitrogens with zero attached hydrogens (tertiary/aromatic N) is 3. The second-order valence-electron chi connectivity index (χ2n) is 6.88. The molecule has 1 saturated heterocycles. The third-order valence-corrected chi connectivity index (χ3v) is 5.58. The van der Waals surface area contributed by atoms with E-state index < -0.39 is 0 Å². The van der Waals surface area contributed by atoms with Crippen LogP contribution in [0.15, 0.2) is 60.7 Å². The quantitative estimate of drug-likeness (QED) is 0.605. The van der Waals surface area contributed by atoms with Crippen LogP contribution in [0, 0.1) is 0 Å². The van der Waals surface area contributed by atoms with Gasteiger partial charge in [-0.05, 0) is 55.4 Å². The molecular weight excluding hydrogens is 392 g/mol. The average molecular weight is 413 g/mol. The van der Waals surface area contributed by atoms with Crippen LogP contribution in [0.3, 0.4) is 0 Å². The number of halogens is 1. The number of para-hydroxylation sites is 1. The van der Waals surface area contributed by atoms with E-state index in [1.54, 1.807) is 10.7 Å². The Morgan fingerprint density at radius 1 is 1.07 bits per heavy atom. The zero-order valence-electron chi connectivity index (χ0n) is 15.3. The predicted octanol–water partition coefficient (Wildman–Crippen LogP) is 4.81. The fourth-order valence-electron chi connectivity index (χ4n) is 3.49. The lowest BCUT2D eigenvalue weighted by Crippen LogP contribution is -2.40. The smallest absolute Gasteiger partial charge is 0.214 e. The van der Waals surface area contributed by atoms with E-state index in [0.29, 0.717) is 16.1 Å². The first-order valence-electron chi connectivity index (χ1n) is 9.26. The first-order chi connectivity index (χ1) is 13.6. The summed E-state index contributed by atoms with van der Waals surface area (Å²) < 4.78 is 1.59. The minimum Gasteiger partial charge on any atom is -0.493 e. The minimum atomic E-state index is 0.168. The predicted molar refractivity (Wildman–Crippen MR) is 116 cm³/mol. The number of anilines is 1. The molecule has 2 aromatic carbocycles. The molecule has 2 heterocycles. The third-order valence-electron chi connectivity index (χ3n) is 4.99. The first-order valence-corrected chi connectivity index (χ1v) is 10.0.